The van der Waals surface area contributed by atoms with Crippen molar-refractivity contribution in [2.45, 2.75) is 19.4 Å². The van der Waals surface area contributed by atoms with Gasteiger partial charge in [0.2, 0.25) is 5.91 Å². The Bertz CT molecular complexity index is 1660. The SMILES string of the molecule is CCC(C(=O)Nc1c(C#N)cnn1C)n1cnc2scc(-c3ccc4ccccc4c3)c2c1=O. The molecular weight excluding hydrogens is 448 g/mol. The van der Waals surface area contributed by atoms with Gasteiger partial charge < -0.3 is 5.32 Å². The van der Waals surface area contributed by atoms with Gasteiger partial charge in [-0.05, 0) is 28.8 Å². The maximum Gasteiger partial charge on any atom is 0.263 e. The quantitative estimate of drug-likeness (QED) is 0.410. The second-order valence-electron chi connectivity index (χ2n) is 7.90. The van der Waals surface area contributed by atoms with E-state index in [0.717, 1.165) is 21.9 Å². The number of nitrogens with zero attached hydrogens (tertiary/aromatic N) is 5. The second-order valence-corrected chi connectivity index (χ2v) is 8.76. The molecule has 3 aromatic heterocycles. The van der Waals surface area contributed by atoms with Crippen LogP contribution in [0.1, 0.15) is 24.9 Å². The third-order valence-corrected chi connectivity index (χ3v) is 6.79. The molecule has 1 N–H and O–H groups in total. The lowest BCUT2D eigenvalue weighted by atomic mass is 10.0. The monoisotopic (exact) mass is 468 g/mol. The lowest BCUT2D eigenvalue weighted by Gasteiger charge is -2.18. The molecule has 0 bridgehead atoms. The molecule has 0 saturated carbocycles. The average molecular weight is 469 g/mol. The van der Waals surface area contributed by atoms with Gasteiger partial charge in [-0.1, -0.05) is 43.3 Å². The fraction of sp³-hybridized carbons (Fsp3) is 0.160. The number of aryl methyl sites for hydroxylation is 1. The number of benzene rings is 2. The smallest absolute Gasteiger partial charge is 0.263 e. The summed E-state index contributed by atoms with van der Waals surface area (Å²) in [5.74, 6) is -0.117. The molecule has 9 heteroatoms. The van der Waals surface area contributed by atoms with Gasteiger partial charge in [-0.25, -0.2) is 4.98 Å². The van der Waals surface area contributed by atoms with E-state index in [9.17, 15) is 14.9 Å². The second kappa shape index (κ2) is 8.57. The van der Waals surface area contributed by atoms with Crippen molar-refractivity contribution in [3.05, 3.63) is 76.3 Å². The molecule has 5 rings (SSSR count). The molecule has 0 spiro atoms. The van der Waals surface area contributed by atoms with E-state index in [-0.39, 0.29) is 11.1 Å². The number of rotatable bonds is 5. The average Bonchev–Trinajstić information content (AvgIpc) is 3.44. The van der Waals surface area contributed by atoms with Crippen molar-refractivity contribution in [1.29, 1.82) is 5.26 Å². The summed E-state index contributed by atoms with van der Waals surface area (Å²) in [7, 11) is 1.64. The first-order chi connectivity index (χ1) is 16.5. The van der Waals surface area contributed by atoms with Gasteiger partial charge in [-0.15, -0.1) is 11.3 Å². The Morgan fingerprint density at radius 2 is 2.03 bits per heavy atom. The molecule has 3 heterocycles. The molecule has 34 heavy (non-hydrogen) atoms. The van der Waals surface area contributed by atoms with Crippen LogP contribution in [0.2, 0.25) is 0 Å². The van der Waals surface area contributed by atoms with E-state index >= 15 is 0 Å². The number of aromatic nitrogens is 4. The molecule has 0 radical (unpaired) electrons. The summed E-state index contributed by atoms with van der Waals surface area (Å²) >= 11 is 1.40. The fourth-order valence-electron chi connectivity index (χ4n) is 4.11. The Hall–Kier alpha value is -4.29. The molecule has 2 aromatic carbocycles. The van der Waals surface area contributed by atoms with Crippen LogP contribution in [0.25, 0.3) is 32.1 Å². The first-order valence-corrected chi connectivity index (χ1v) is 11.6. The number of fused-ring (bicyclic) bond motifs is 2. The van der Waals surface area contributed by atoms with Gasteiger partial charge in [0.1, 0.15) is 28.3 Å². The van der Waals surface area contributed by atoms with Crippen LogP contribution in [0, 0.1) is 11.3 Å². The van der Waals surface area contributed by atoms with Gasteiger partial charge >= 0.3 is 0 Å². The molecule has 1 atom stereocenters. The number of nitrogens with one attached hydrogen (secondary N) is 1. The number of anilines is 1. The molecule has 0 aliphatic rings. The molecule has 5 aromatic rings. The first kappa shape index (κ1) is 21.6. The van der Waals surface area contributed by atoms with E-state index in [0.29, 0.717) is 22.5 Å². The minimum Gasteiger partial charge on any atom is -0.308 e. The fourth-order valence-corrected chi connectivity index (χ4v) is 5.02. The summed E-state index contributed by atoms with van der Waals surface area (Å²) < 4.78 is 2.79. The minimum atomic E-state index is -0.796. The molecule has 1 amide bonds. The van der Waals surface area contributed by atoms with Crippen LogP contribution in [0.4, 0.5) is 5.82 Å². The zero-order chi connectivity index (χ0) is 23.8. The highest BCUT2D eigenvalue weighted by atomic mass is 32.1. The summed E-state index contributed by atoms with van der Waals surface area (Å²) in [4.78, 5) is 31.9. The molecular formula is C25H20N6O2S. The Labute approximate surface area is 198 Å². The van der Waals surface area contributed by atoms with Gasteiger partial charge in [0.05, 0.1) is 17.9 Å². The zero-order valence-electron chi connectivity index (χ0n) is 18.5. The normalized spacial score (nSPS) is 12.0. The van der Waals surface area contributed by atoms with E-state index in [4.69, 9.17) is 0 Å². The number of hydrogen-bond donors (Lipinski definition) is 1. The van der Waals surface area contributed by atoms with Crippen LogP contribution in [-0.2, 0) is 11.8 Å². The van der Waals surface area contributed by atoms with Crippen LogP contribution >= 0.6 is 11.3 Å². The number of carbonyl (C=O) groups is 1. The predicted molar refractivity (Wildman–Crippen MR) is 133 cm³/mol. The third-order valence-electron chi connectivity index (χ3n) is 5.91. The van der Waals surface area contributed by atoms with Gasteiger partial charge in [-0.2, -0.15) is 10.4 Å². The van der Waals surface area contributed by atoms with Crippen molar-refractivity contribution >= 4 is 44.1 Å². The summed E-state index contributed by atoms with van der Waals surface area (Å²) in [6.07, 6.45) is 3.18. The van der Waals surface area contributed by atoms with E-state index in [1.54, 1.807) is 7.05 Å². The predicted octanol–water partition coefficient (Wildman–Crippen LogP) is 4.47. The van der Waals surface area contributed by atoms with Gasteiger partial charge in [0.15, 0.2) is 0 Å². The standard InChI is InChI=1S/C25H20N6O2S/c1-3-20(23(32)29-22-18(11-26)12-28-30(22)2)31-14-27-24-21(25(31)33)19(13-34-24)17-9-8-15-6-4-5-7-16(15)10-17/h4-10,12-14,20H,3H2,1-2H3,(H,29,32). The molecule has 8 nitrogen and oxygen atoms in total. The number of thiophene rings is 1. The summed E-state index contributed by atoms with van der Waals surface area (Å²) in [6, 6.07) is 15.4. The molecule has 1 unspecified atom stereocenters. The minimum absolute atomic E-state index is 0.253. The topological polar surface area (TPSA) is 106 Å². The first-order valence-electron chi connectivity index (χ1n) is 10.7. The Kier molecular flexibility index (Phi) is 5.43. The van der Waals surface area contributed by atoms with Crippen molar-refractivity contribution in [3.8, 4) is 17.2 Å². The van der Waals surface area contributed by atoms with Gasteiger partial charge in [-0.3, -0.25) is 18.8 Å². The lowest BCUT2D eigenvalue weighted by Crippen LogP contribution is -2.33. The number of nitriles is 1. The maximum atomic E-state index is 13.6. The van der Waals surface area contributed by atoms with Gasteiger partial charge in [0, 0.05) is 18.0 Å². The van der Waals surface area contributed by atoms with E-state index < -0.39 is 11.9 Å². The Morgan fingerprint density at radius 1 is 1.24 bits per heavy atom. The van der Waals surface area contributed by atoms with Crippen molar-refractivity contribution in [3.63, 3.8) is 0 Å². The van der Waals surface area contributed by atoms with Crippen LogP contribution in [0.15, 0.2) is 65.2 Å². The number of amides is 1. The highest BCUT2D eigenvalue weighted by Crippen LogP contribution is 2.33. The number of carbonyl (C=O) groups excluding carboxylic acids is 1. The number of hydrogen-bond acceptors (Lipinski definition) is 6. The van der Waals surface area contributed by atoms with Crippen LogP contribution < -0.4 is 10.9 Å². The van der Waals surface area contributed by atoms with Crippen LogP contribution in [-0.4, -0.2) is 25.2 Å². The molecule has 0 saturated heterocycles. The van der Waals surface area contributed by atoms with Crippen molar-refractivity contribution in [1.82, 2.24) is 19.3 Å². The van der Waals surface area contributed by atoms with Crippen molar-refractivity contribution in [2.75, 3.05) is 5.32 Å². The molecule has 168 valence electrons. The summed E-state index contributed by atoms with van der Waals surface area (Å²) in [5.41, 5.74) is 1.70. The zero-order valence-corrected chi connectivity index (χ0v) is 19.3. The van der Waals surface area contributed by atoms with Gasteiger partial charge in [0.25, 0.3) is 5.56 Å². The maximum absolute atomic E-state index is 13.6. The van der Waals surface area contributed by atoms with E-state index in [1.807, 2.05) is 54.8 Å². The highest BCUT2D eigenvalue weighted by Gasteiger charge is 2.24. The Morgan fingerprint density at radius 3 is 2.79 bits per heavy atom. The van der Waals surface area contributed by atoms with E-state index in [1.165, 1.54) is 33.1 Å². The summed E-state index contributed by atoms with van der Waals surface area (Å²) in [5, 5.41) is 20.7. The molecule has 0 aliphatic carbocycles. The Balaban J connectivity index is 1.58. The lowest BCUT2D eigenvalue weighted by molar-refractivity contribution is -0.119. The van der Waals surface area contributed by atoms with Crippen LogP contribution in [0.5, 0.6) is 0 Å². The summed E-state index contributed by atoms with van der Waals surface area (Å²) in [6.45, 7) is 1.83. The van der Waals surface area contributed by atoms with Crippen LogP contribution in [0.3, 0.4) is 0 Å². The molecule has 0 fully saturated rings. The van der Waals surface area contributed by atoms with Crippen molar-refractivity contribution < 1.29 is 4.79 Å². The third kappa shape index (κ3) is 3.54. The largest absolute Gasteiger partial charge is 0.308 e. The van der Waals surface area contributed by atoms with E-state index in [2.05, 4.69) is 21.5 Å². The molecule has 0 aliphatic heterocycles. The highest BCUT2D eigenvalue weighted by molar-refractivity contribution is 7.17. The van der Waals surface area contributed by atoms with Crippen molar-refractivity contribution in [2.24, 2.45) is 7.05 Å².